The zero-order valence-electron chi connectivity index (χ0n) is 12.1. The minimum absolute atomic E-state index is 0.163. The van der Waals surface area contributed by atoms with Crippen molar-refractivity contribution in [1.29, 1.82) is 0 Å². The molecular formula is C15H18N2O2S. The van der Waals surface area contributed by atoms with Crippen molar-refractivity contribution >= 4 is 22.7 Å². The zero-order valence-corrected chi connectivity index (χ0v) is 12.9. The number of anilines is 1. The Kier molecular flexibility index (Phi) is 4.09. The summed E-state index contributed by atoms with van der Waals surface area (Å²) in [5.41, 5.74) is 3.95. The molecule has 0 amide bonds. The number of nitrogens with zero attached hydrogens (tertiary/aromatic N) is 1. The first kappa shape index (κ1) is 14.5. The first-order valence-electron chi connectivity index (χ1n) is 6.44. The molecule has 0 aliphatic heterocycles. The third-order valence-electron chi connectivity index (χ3n) is 3.35. The molecule has 2 rings (SSSR count). The van der Waals surface area contributed by atoms with E-state index in [0.717, 1.165) is 11.3 Å². The summed E-state index contributed by atoms with van der Waals surface area (Å²) in [6, 6.07) is 5.64. The van der Waals surface area contributed by atoms with Crippen LogP contribution < -0.4 is 5.32 Å². The second-order valence-electron chi connectivity index (χ2n) is 5.00. The predicted molar refractivity (Wildman–Crippen MR) is 83.7 cm³/mol. The van der Waals surface area contributed by atoms with Gasteiger partial charge in [0.25, 0.3) is 5.69 Å². The van der Waals surface area contributed by atoms with Crippen molar-refractivity contribution in [3.8, 4) is 0 Å². The van der Waals surface area contributed by atoms with E-state index in [4.69, 9.17) is 0 Å². The lowest BCUT2D eigenvalue weighted by Gasteiger charge is -2.10. The first-order valence-corrected chi connectivity index (χ1v) is 7.25. The second kappa shape index (κ2) is 5.63. The number of nitro benzene ring substituents is 1. The van der Waals surface area contributed by atoms with E-state index in [1.54, 1.807) is 24.3 Å². The molecule has 0 saturated heterocycles. The van der Waals surface area contributed by atoms with Crippen molar-refractivity contribution in [2.24, 2.45) is 0 Å². The van der Waals surface area contributed by atoms with Crippen LogP contribution >= 0.6 is 11.3 Å². The summed E-state index contributed by atoms with van der Waals surface area (Å²) < 4.78 is 0. The molecule has 0 radical (unpaired) electrons. The monoisotopic (exact) mass is 290 g/mol. The molecule has 2 aromatic rings. The molecule has 0 aliphatic carbocycles. The molecule has 0 saturated carbocycles. The highest BCUT2D eigenvalue weighted by Crippen LogP contribution is 2.27. The lowest BCUT2D eigenvalue weighted by Crippen LogP contribution is -2.03. The van der Waals surface area contributed by atoms with Crippen LogP contribution in [0.1, 0.15) is 26.4 Å². The molecule has 0 unspecified atom stereocenters. The highest BCUT2D eigenvalue weighted by Gasteiger charge is 2.13. The second-order valence-corrected chi connectivity index (χ2v) is 6.46. The molecule has 1 aromatic heterocycles. The highest BCUT2D eigenvalue weighted by molar-refractivity contribution is 7.12. The van der Waals surface area contributed by atoms with Crippen molar-refractivity contribution in [1.82, 2.24) is 0 Å². The number of rotatable bonds is 4. The van der Waals surface area contributed by atoms with Gasteiger partial charge in [0.15, 0.2) is 0 Å². The van der Waals surface area contributed by atoms with Crippen molar-refractivity contribution < 1.29 is 4.92 Å². The van der Waals surface area contributed by atoms with Crippen LogP contribution in [0.25, 0.3) is 0 Å². The van der Waals surface area contributed by atoms with Crippen LogP contribution in [0.3, 0.4) is 0 Å². The number of benzene rings is 1. The maximum Gasteiger partial charge on any atom is 0.274 e. The molecule has 1 heterocycles. The Bertz CT molecular complexity index is 662. The highest BCUT2D eigenvalue weighted by atomic mass is 32.1. The van der Waals surface area contributed by atoms with Crippen LogP contribution in [-0.4, -0.2) is 4.92 Å². The molecule has 20 heavy (non-hydrogen) atoms. The fraction of sp³-hybridized carbons (Fsp3) is 0.333. The quantitative estimate of drug-likeness (QED) is 0.666. The maximum absolute atomic E-state index is 11.0. The number of hydrogen-bond acceptors (Lipinski definition) is 4. The number of hydrogen-bond donors (Lipinski definition) is 1. The number of thiophene rings is 1. The summed E-state index contributed by atoms with van der Waals surface area (Å²) in [5.74, 6) is 0. The van der Waals surface area contributed by atoms with Crippen LogP contribution in [0.15, 0.2) is 18.2 Å². The van der Waals surface area contributed by atoms with E-state index in [2.05, 4.69) is 25.2 Å². The summed E-state index contributed by atoms with van der Waals surface area (Å²) in [5, 5.41) is 14.3. The fourth-order valence-electron chi connectivity index (χ4n) is 2.28. The molecule has 4 nitrogen and oxygen atoms in total. The van der Waals surface area contributed by atoms with E-state index in [-0.39, 0.29) is 10.6 Å². The Balaban J connectivity index is 2.23. The van der Waals surface area contributed by atoms with Gasteiger partial charge in [0.1, 0.15) is 0 Å². The molecule has 0 spiro atoms. The fourth-order valence-corrected chi connectivity index (χ4v) is 3.22. The summed E-state index contributed by atoms with van der Waals surface area (Å²) in [6.07, 6.45) is 0. The number of nitrogens with one attached hydrogen (secondary N) is 1. The zero-order chi connectivity index (χ0) is 14.9. The predicted octanol–water partition coefficient (Wildman–Crippen LogP) is 4.50. The summed E-state index contributed by atoms with van der Waals surface area (Å²) >= 11 is 1.77. The van der Waals surface area contributed by atoms with Gasteiger partial charge in [-0.2, -0.15) is 0 Å². The number of aryl methyl sites for hydroxylation is 4. The molecular weight excluding hydrogens is 272 g/mol. The molecule has 0 bridgehead atoms. The van der Waals surface area contributed by atoms with Crippen molar-refractivity contribution in [3.05, 3.63) is 54.8 Å². The van der Waals surface area contributed by atoms with E-state index in [1.165, 1.54) is 15.3 Å². The van der Waals surface area contributed by atoms with Gasteiger partial charge in [-0.05, 0) is 51.0 Å². The molecule has 1 N–H and O–H groups in total. The van der Waals surface area contributed by atoms with Gasteiger partial charge in [-0.25, -0.2) is 0 Å². The van der Waals surface area contributed by atoms with Crippen molar-refractivity contribution in [2.45, 2.75) is 34.2 Å². The van der Waals surface area contributed by atoms with Gasteiger partial charge in [0, 0.05) is 33.6 Å². The largest absolute Gasteiger partial charge is 0.381 e. The van der Waals surface area contributed by atoms with E-state index >= 15 is 0 Å². The Labute approximate surface area is 122 Å². The van der Waals surface area contributed by atoms with E-state index in [9.17, 15) is 10.1 Å². The average molecular weight is 290 g/mol. The van der Waals surface area contributed by atoms with Crippen LogP contribution in [0, 0.1) is 37.8 Å². The lowest BCUT2D eigenvalue weighted by molar-refractivity contribution is -0.385. The minimum atomic E-state index is -0.333. The normalized spacial score (nSPS) is 10.6. The Morgan fingerprint density at radius 1 is 1.15 bits per heavy atom. The van der Waals surface area contributed by atoms with E-state index < -0.39 is 0 Å². The van der Waals surface area contributed by atoms with Gasteiger partial charge in [0.05, 0.1) is 4.92 Å². The SMILES string of the molecule is Cc1cc(CNc2cc([N+](=O)[O-])c(C)cc2C)c(C)s1. The van der Waals surface area contributed by atoms with E-state index in [0.29, 0.717) is 12.1 Å². The van der Waals surface area contributed by atoms with Crippen molar-refractivity contribution in [2.75, 3.05) is 5.32 Å². The standard InChI is InChI=1S/C15H18N2O2S/c1-9-5-10(2)15(17(18)19)7-14(9)16-8-13-6-11(3)20-12(13)4/h5-7,16H,8H2,1-4H3. The Morgan fingerprint density at radius 2 is 1.85 bits per heavy atom. The third kappa shape index (κ3) is 2.99. The van der Waals surface area contributed by atoms with Crippen LogP contribution in [0.4, 0.5) is 11.4 Å². The Hall–Kier alpha value is -1.88. The van der Waals surface area contributed by atoms with Crippen LogP contribution in [0.5, 0.6) is 0 Å². The lowest BCUT2D eigenvalue weighted by atomic mass is 10.1. The average Bonchev–Trinajstić information content (AvgIpc) is 2.66. The molecule has 0 aliphatic rings. The van der Waals surface area contributed by atoms with E-state index in [1.807, 2.05) is 13.0 Å². The summed E-state index contributed by atoms with van der Waals surface area (Å²) in [6.45, 7) is 8.60. The van der Waals surface area contributed by atoms with Crippen LogP contribution in [-0.2, 0) is 6.54 Å². The maximum atomic E-state index is 11.0. The smallest absolute Gasteiger partial charge is 0.274 e. The van der Waals surface area contributed by atoms with Gasteiger partial charge < -0.3 is 5.32 Å². The van der Waals surface area contributed by atoms with Gasteiger partial charge in [-0.3, -0.25) is 10.1 Å². The van der Waals surface area contributed by atoms with Gasteiger partial charge in [0.2, 0.25) is 0 Å². The molecule has 5 heteroatoms. The topological polar surface area (TPSA) is 55.2 Å². The summed E-state index contributed by atoms with van der Waals surface area (Å²) in [7, 11) is 0. The molecule has 0 atom stereocenters. The summed E-state index contributed by atoms with van der Waals surface area (Å²) in [4.78, 5) is 13.2. The Morgan fingerprint density at radius 3 is 2.40 bits per heavy atom. The molecule has 106 valence electrons. The van der Waals surface area contributed by atoms with Gasteiger partial charge in [-0.1, -0.05) is 0 Å². The van der Waals surface area contributed by atoms with Crippen LogP contribution in [0.2, 0.25) is 0 Å². The molecule has 1 aromatic carbocycles. The first-order chi connectivity index (χ1) is 9.38. The van der Waals surface area contributed by atoms with Crippen molar-refractivity contribution in [3.63, 3.8) is 0 Å². The third-order valence-corrected chi connectivity index (χ3v) is 4.36. The van der Waals surface area contributed by atoms with Gasteiger partial charge >= 0.3 is 0 Å². The molecule has 0 fully saturated rings. The number of nitro groups is 1. The van der Waals surface area contributed by atoms with Gasteiger partial charge in [-0.15, -0.1) is 11.3 Å². The minimum Gasteiger partial charge on any atom is -0.381 e.